The Morgan fingerprint density at radius 2 is 1.10 bits per heavy atom. The van der Waals surface area contributed by atoms with E-state index in [4.69, 9.17) is 4.42 Å². The van der Waals surface area contributed by atoms with Crippen molar-refractivity contribution < 1.29 is 4.42 Å². The molecule has 1 heterocycles. The Balaban J connectivity index is 1.35. The third kappa shape index (κ3) is 5.54. The van der Waals surface area contributed by atoms with Crippen LogP contribution in [-0.2, 0) is 0 Å². The first-order chi connectivity index (χ1) is 25.1. The van der Waals surface area contributed by atoms with Crippen molar-refractivity contribution in [2.75, 3.05) is 0 Å². The molecule has 0 saturated heterocycles. The molecule has 0 N–H and O–H groups in total. The number of rotatable bonds is 8. The lowest BCUT2D eigenvalue weighted by atomic mass is 9.83. The van der Waals surface area contributed by atoms with E-state index in [1.807, 2.05) is 18.2 Å². The molecule has 0 radical (unpaired) electrons. The van der Waals surface area contributed by atoms with Gasteiger partial charge in [0.1, 0.15) is 11.3 Å². The van der Waals surface area contributed by atoms with Gasteiger partial charge in [-0.2, -0.15) is 0 Å². The molecule has 0 spiro atoms. The molecule has 0 aliphatic carbocycles. The number of aryl methyl sites for hydroxylation is 1. The van der Waals surface area contributed by atoms with E-state index in [0.29, 0.717) is 0 Å². The second-order valence-corrected chi connectivity index (χ2v) is 12.9. The first-order valence-corrected chi connectivity index (χ1v) is 17.4. The molecule has 0 atom stereocenters. The largest absolute Gasteiger partial charge is 0.456 e. The van der Waals surface area contributed by atoms with Crippen molar-refractivity contribution >= 4 is 38.1 Å². The van der Waals surface area contributed by atoms with E-state index in [2.05, 4.69) is 173 Å². The second kappa shape index (κ2) is 13.5. The minimum atomic E-state index is 0.873. The van der Waals surface area contributed by atoms with Gasteiger partial charge in [0.15, 0.2) is 0 Å². The molecule has 0 fully saturated rings. The lowest BCUT2D eigenvalue weighted by Gasteiger charge is -2.20. The summed E-state index contributed by atoms with van der Waals surface area (Å²) >= 11 is 0. The fourth-order valence-corrected chi connectivity index (χ4v) is 7.69. The van der Waals surface area contributed by atoms with Crippen molar-refractivity contribution in [3.05, 3.63) is 200 Å². The van der Waals surface area contributed by atoms with E-state index in [1.165, 1.54) is 54.9 Å². The molecule has 0 saturated carbocycles. The first kappa shape index (κ1) is 31.8. The maximum Gasteiger partial charge on any atom is 0.135 e. The topological polar surface area (TPSA) is 13.1 Å². The van der Waals surface area contributed by atoms with Gasteiger partial charge in [0, 0.05) is 10.9 Å². The van der Waals surface area contributed by atoms with Crippen molar-refractivity contribution in [1.29, 1.82) is 0 Å². The van der Waals surface area contributed by atoms with Crippen LogP contribution >= 0.6 is 0 Å². The van der Waals surface area contributed by atoms with E-state index >= 15 is 0 Å². The van der Waals surface area contributed by atoms with Crippen LogP contribution in [0.1, 0.15) is 18.2 Å². The minimum Gasteiger partial charge on any atom is -0.456 e. The molecule has 7 aromatic carbocycles. The van der Waals surface area contributed by atoms with Crippen molar-refractivity contribution in [2.24, 2.45) is 0 Å². The van der Waals surface area contributed by atoms with Gasteiger partial charge in [-0.15, -0.1) is 0 Å². The smallest absolute Gasteiger partial charge is 0.135 e. The van der Waals surface area contributed by atoms with Crippen LogP contribution in [0, 0.1) is 6.92 Å². The molecule has 244 valence electrons. The van der Waals surface area contributed by atoms with E-state index < -0.39 is 0 Å². The van der Waals surface area contributed by atoms with Crippen LogP contribution in [0.25, 0.3) is 82.6 Å². The van der Waals surface area contributed by atoms with Crippen molar-refractivity contribution in [3.8, 4) is 44.5 Å². The standard InChI is InChI=1S/C50H38O/c1-5-7-19-35(6-2)33(3)50-34(4)47-40(30-18-31-46(47)51-50)37-22-17-23-38(32-37)48-42-26-13-15-28-44(42)49(45-29-16-14-27-43(45)48)41-25-12-11-24-39(41)36-20-9-8-10-21-36/h5-32H,1-2H2,3-4H3/b19-7-,35-33+. The summed E-state index contributed by atoms with van der Waals surface area (Å²) in [6, 6.07) is 52.6. The fourth-order valence-electron chi connectivity index (χ4n) is 7.69. The molecule has 0 bridgehead atoms. The summed E-state index contributed by atoms with van der Waals surface area (Å²) in [5.74, 6) is 0.876. The Kier molecular flexibility index (Phi) is 8.39. The molecule has 0 aliphatic heterocycles. The lowest BCUT2D eigenvalue weighted by Crippen LogP contribution is -1.93. The summed E-state index contributed by atoms with van der Waals surface area (Å²) < 4.78 is 6.55. The van der Waals surface area contributed by atoms with Gasteiger partial charge < -0.3 is 4.42 Å². The predicted molar refractivity (Wildman–Crippen MR) is 220 cm³/mol. The molecule has 0 aliphatic rings. The summed E-state index contributed by atoms with van der Waals surface area (Å²) in [6.07, 6.45) is 7.59. The van der Waals surface area contributed by atoms with Crippen LogP contribution in [0.4, 0.5) is 0 Å². The van der Waals surface area contributed by atoms with Crippen molar-refractivity contribution in [1.82, 2.24) is 0 Å². The molecule has 0 amide bonds. The number of hydrogen-bond acceptors (Lipinski definition) is 1. The van der Waals surface area contributed by atoms with Crippen molar-refractivity contribution in [2.45, 2.75) is 13.8 Å². The molecular formula is C50H38O. The van der Waals surface area contributed by atoms with Gasteiger partial charge in [0.2, 0.25) is 0 Å². The minimum absolute atomic E-state index is 0.873. The molecular weight excluding hydrogens is 617 g/mol. The lowest BCUT2D eigenvalue weighted by molar-refractivity contribution is 0.596. The summed E-state index contributed by atoms with van der Waals surface area (Å²) in [4.78, 5) is 0. The molecule has 8 aromatic rings. The summed E-state index contributed by atoms with van der Waals surface area (Å²) in [5.41, 5.74) is 13.7. The van der Waals surface area contributed by atoms with E-state index in [9.17, 15) is 0 Å². The Hall–Kier alpha value is -6.44. The predicted octanol–water partition coefficient (Wildman–Crippen LogP) is 14.4. The Labute approximate surface area is 299 Å². The molecule has 1 heteroatoms. The van der Waals surface area contributed by atoms with Crippen LogP contribution in [0.5, 0.6) is 0 Å². The highest BCUT2D eigenvalue weighted by Gasteiger charge is 2.21. The molecule has 0 unspecified atom stereocenters. The maximum atomic E-state index is 6.55. The van der Waals surface area contributed by atoms with Crippen LogP contribution in [0.2, 0.25) is 0 Å². The van der Waals surface area contributed by atoms with Gasteiger partial charge in [-0.05, 0) is 103 Å². The quantitative estimate of drug-likeness (QED) is 0.117. The summed E-state index contributed by atoms with van der Waals surface area (Å²) in [5, 5.41) is 6.07. The van der Waals surface area contributed by atoms with Gasteiger partial charge in [0.25, 0.3) is 0 Å². The maximum absolute atomic E-state index is 6.55. The number of fused-ring (bicyclic) bond motifs is 3. The van der Waals surface area contributed by atoms with Crippen LogP contribution < -0.4 is 0 Å². The highest BCUT2D eigenvalue weighted by atomic mass is 16.3. The monoisotopic (exact) mass is 654 g/mol. The highest BCUT2D eigenvalue weighted by Crippen LogP contribution is 2.47. The van der Waals surface area contributed by atoms with Crippen LogP contribution in [0.3, 0.4) is 0 Å². The summed E-state index contributed by atoms with van der Waals surface area (Å²) in [6.45, 7) is 12.1. The van der Waals surface area contributed by atoms with Crippen LogP contribution in [0.15, 0.2) is 193 Å². The number of allylic oxidation sites excluding steroid dienone is 6. The van der Waals surface area contributed by atoms with Gasteiger partial charge in [-0.1, -0.05) is 171 Å². The van der Waals surface area contributed by atoms with Gasteiger partial charge in [-0.3, -0.25) is 0 Å². The van der Waals surface area contributed by atoms with Crippen molar-refractivity contribution in [3.63, 3.8) is 0 Å². The zero-order valence-corrected chi connectivity index (χ0v) is 29.0. The van der Waals surface area contributed by atoms with Gasteiger partial charge in [-0.25, -0.2) is 0 Å². The second-order valence-electron chi connectivity index (χ2n) is 12.9. The van der Waals surface area contributed by atoms with Gasteiger partial charge in [0.05, 0.1) is 0 Å². The number of benzene rings is 7. The van der Waals surface area contributed by atoms with E-state index in [0.717, 1.165) is 44.6 Å². The summed E-state index contributed by atoms with van der Waals surface area (Å²) in [7, 11) is 0. The Bertz CT molecular complexity index is 2620. The average Bonchev–Trinajstić information content (AvgIpc) is 3.53. The van der Waals surface area contributed by atoms with E-state index in [-0.39, 0.29) is 0 Å². The average molecular weight is 655 g/mol. The zero-order chi connectivity index (χ0) is 34.9. The number of hydrogen-bond donors (Lipinski definition) is 0. The third-order valence-corrected chi connectivity index (χ3v) is 10.0. The molecule has 1 nitrogen and oxygen atoms in total. The molecule has 51 heavy (non-hydrogen) atoms. The highest BCUT2D eigenvalue weighted by molar-refractivity contribution is 6.22. The van der Waals surface area contributed by atoms with Gasteiger partial charge >= 0.3 is 0 Å². The Morgan fingerprint density at radius 1 is 0.549 bits per heavy atom. The number of furan rings is 1. The zero-order valence-electron chi connectivity index (χ0n) is 29.0. The molecule has 1 aromatic heterocycles. The first-order valence-electron chi connectivity index (χ1n) is 17.4. The SMILES string of the molecule is C=C/C=C\C(C=C)=C(/C)c1oc2cccc(-c3cccc(-c4c5ccccc5c(-c5ccccc5-c5ccccc5)c5ccccc45)c3)c2c1C. The van der Waals surface area contributed by atoms with Crippen LogP contribution in [-0.4, -0.2) is 0 Å². The fraction of sp³-hybridized carbons (Fsp3) is 0.0400. The molecule has 8 rings (SSSR count). The Morgan fingerprint density at radius 3 is 1.76 bits per heavy atom. The van der Waals surface area contributed by atoms with E-state index in [1.54, 1.807) is 6.08 Å². The normalized spacial score (nSPS) is 12.1. The third-order valence-electron chi connectivity index (χ3n) is 10.0.